The lowest BCUT2D eigenvalue weighted by molar-refractivity contribution is 0.111. The number of rotatable bonds is 11. The Morgan fingerprint density at radius 3 is 2.46 bits per heavy atom. The fourth-order valence-corrected chi connectivity index (χ4v) is 3.04. The zero-order valence-electron chi connectivity index (χ0n) is 17.3. The van der Waals surface area contributed by atoms with Crippen molar-refractivity contribution in [1.82, 2.24) is 26.6 Å². The van der Waals surface area contributed by atoms with Gasteiger partial charge in [-0.3, -0.25) is 0 Å². The highest BCUT2D eigenvalue weighted by atomic mass is 15.7. The van der Waals surface area contributed by atoms with Crippen LogP contribution in [0.3, 0.4) is 0 Å². The number of nitrogen functional groups attached to an aromatic ring is 1. The third-order valence-electron chi connectivity index (χ3n) is 4.66. The third kappa shape index (κ3) is 9.82. The normalized spacial score (nSPS) is 15.7. The van der Waals surface area contributed by atoms with Crippen LogP contribution >= 0.6 is 0 Å². The number of piperidine rings is 1. The van der Waals surface area contributed by atoms with Crippen LogP contribution in [0.4, 0.5) is 5.69 Å². The molecule has 1 aromatic rings. The SMILES string of the molecule is C=C.C=C/C(=C\CNNN1CCC(NCCNC)CC1)Cc1ccc(N)cc1. The molecule has 2 rings (SSSR count). The largest absolute Gasteiger partial charge is 0.399 e. The van der Waals surface area contributed by atoms with E-state index in [0.717, 1.165) is 44.8 Å². The van der Waals surface area contributed by atoms with Crippen molar-refractivity contribution in [3.63, 3.8) is 0 Å². The van der Waals surface area contributed by atoms with Crippen LogP contribution in [0, 0.1) is 0 Å². The second-order valence-electron chi connectivity index (χ2n) is 6.71. The summed E-state index contributed by atoms with van der Waals surface area (Å²) >= 11 is 0. The first-order valence-corrected chi connectivity index (χ1v) is 9.98. The maximum atomic E-state index is 5.73. The van der Waals surface area contributed by atoms with Crippen molar-refractivity contribution < 1.29 is 0 Å². The van der Waals surface area contributed by atoms with Gasteiger partial charge >= 0.3 is 0 Å². The molecule has 6 nitrogen and oxygen atoms in total. The number of hydrogen-bond acceptors (Lipinski definition) is 6. The summed E-state index contributed by atoms with van der Waals surface area (Å²) < 4.78 is 0. The molecule has 0 saturated carbocycles. The van der Waals surface area contributed by atoms with Gasteiger partial charge in [0.05, 0.1) is 0 Å². The quantitative estimate of drug-likeness (QED) is 0.132. The van der Waals surface area contributed by atoms with Crippen LogP contribution < -0.4 is 27.3 Å². The van der Waals surface area contributed by atoms with Crippen LogP contribution in [0.1, 0.15) is 18.4 Å². The van der Waals surface area contributed by atoms with Crippen molar-refractivity contribution >= 4 is 5.69 Å². The van der Waals surface area contributed by atoms with Crippen molar-refractivity contribution in [1.29, 1.82) is 0 Å². The minimum Gasteiger partial charge on any atom is -0.399 e. The van der Waals surface area contributed by atoms with Gasteiger partial charge in [-0.15, -0.1) is 13.2 Å². The molecule has 28 heavy (non-hydrogen) atoms. The predicted octanol–water partition coefficient (Wildman–Crippen LogP) is 2.01. The van der Waals surface area contributed by atoms with Gasteiger partial charge in [0.1, 0.15) is 0 Å². The summed E-state index contributed by atoms with van der Waals surface area (Å²) in [5, 5.41) is 9.01. The number of likely N-dealkylation sites (N-methyl/N-ethyl adjacent to an activating group) is 1. The Morgan fingerprint density at radius 1 is 1.18 bits per heavy atom. The molecule has 1 fully saturated rings. The summed E-state index contributed by atoms with van der Waals surface area (Å²) in [4.78, 5) is 0. The van der Waals surface area contributed by atoms with Crippen LogP contribution in [0.5, 0.6) is 0 Å². The lowest BCUT2D eigenvalue weighted by atomic mass is 10.0. The number of nitrogens with two attached hydrogens (primary N) is 1. The molecule has 0 unspecified atom stereocenters. The van der Waals surface area contributed by atoms with Gasteiger partial charge < -0.3 is 16.4 Å². The van der Waals surface area contributed by atoms with Gasteiger partial charge in [0.2, 0.25) is 0 Å². The molecule has 0 amide bonds. The average molecular weight is 387 g/mol. The van der Waals surface area contributed by atoms with E-state index in [0.29, 0.717) is 6.04 Å². The zero-order chi connectivity index (χ0) is 20.6. The van der Waals surface area contributed by atoms with E-state index in [2.05, 4.69) is 64.5 Å². The van der Waals surface area contributed by atoms with Gasteiger partial charge in [0, 0.05) is 44.5 Å². The number of hydrazine groups is 2. The summed E-state index contributed by atoms with van der Waals surface area (Å²) in [6.07, 6.45) is 7.30. The van der Waals surface area contributed by atoms with E-state index >= 15 is 0 Å². The van der Waals surface area contributed by atoms with E-state index in [9.17, 15) is 0 Å². The number of allylic oxidation sites excluding steroid dienone is 2. The number of benzene rings is 1. The molecule has 1 aliphatic rings. The van der Waals surface area contributed by atoms with Crippen molar-refractivity contribution in [2.75, 3.05) is 45.5 Å². The predicted molar refractivity (Wildman–Crippen MR) is 122 cm³/mol. The maximum absolute atomic E-state index is 5.73. The Bertz CT molecular complexity index is 561. The molecule has 0 bridgehead atoms. The van der Waals surface area contributed by atoms with E-state index in [4.69, 9.17) is 5.73 Å². The fraction of sp³-hybridized carbons (Fsp3) is 0.455. The molecule has 0 aromatic heterocycles. The summed E-state index contributed by atoms with van der Waals surface area (Å²) in [6, 6.07) is 8.63. The van der Waals surface area contributed by atoms with Crippen molar-refractivity contribution in [3.8, 4) is 0 Å². The number of nitrogens with one attached hydrogen (secondary N) is 4. The molecule has 0 atom stereocenters. The summed E-state index contributed by atoms with van der Waals surface area (Å²) in [5.74, 6) is 0. The monoisotopic (exact) mass is 386 g/mol. The average Bonchev–Trinajstić information content (AvgIpc) is 2.74. The van der Waals surface area contributed by atoms with Gasteiger partial charge in [0.15, 0.2) is 0 Å². The standard InChI is InChI=1S/C20H34N6.C2H4/c1-3-17(16-18-4-6-19(21)7-5-18)8-11-24-25-26-14-9-20(10-15-26)23-13-12-22-2;1-2/h3-8,20,22-25H,1,9-16,21H2,2H3;1-2H2/b17-8+;. The Hall–Kier alpha value is -1.96. The molecule has 0 radical (unpaired) electrons. The molecule has 6 heteroatoms. The summed E-state index contributed by atoms with van der Waals surface area (Å²) in [5.41, 5.74) is 15.6. The molecule has 6 N–H and O–H groups in total. The number of nitrogens with zero attached hydrogens (tertiary/aromatic N) is 1. The lowest BCUT2D eigenvalue weighted by Crippen LogP contribution is -2.53. The van der Waals surface area contributed by atoms with Crippen molar-refractivity contribution in [3.05, 3.63) is 67.3 Å². The number of anilines is 1. The van der Waals surface area contributed by atoms with Gasteiger partial charge in [-0.25, -0.2) is 10.4 Å². The summed E-state index contributed by atoms with van der Waals surface area (Å²) in [6.45, 7) is 14.8. The minimum absolute atomic E-state index is 0.633. The molecule has 0 aliphatic carbocycles. The molecule has 1 aromatic carbocycles. The maximum Gasteiger partial charge on any atom is 0.0314 e. The molecule has 1 saturated heterocycles. The van der Waals surface area contributed by atoms with Crippen LogP contribution in [-0.2, 0) is 6.42 Å². The molecular weight excluding hydrogens is 348 g/mol. The van der Waals surface area contributed by atoms with E-state index in [1.807, 2.05) is 25.3 Å². The molecule has 1 aliphatic heterocycles. The van der Waals surface area contributed by atoms with Gasteiger partial charge in [-0.2, -0.15) is 5.53 Å². The first kappa shape index (κ1) is 24.1. The van der Waals surface area contributed by atoms with Gasteiger partial charge in [0.25, 0.3) is 0 Å². The molecule has 1 heterocycles. The Morgan fingerprint density at radius 2 is 1.86 bits per heavy atom. The molecule has 0 spiro atoms. The summed E-state index contributed by atoms with van der Waals surface area (Å²) in [7, 11) is 1.99. The van der Waals surface area contributed by atoms with Crippen LogP contribution in [0.25, 0.3) is 0 Å². The first-order valence-electron chi connectivity index (χ1n) is 9.98. The van der Waals surface area contributed by atoms with E-state index < -0.39 is 0 Å². The van der Waals surface area contributed by atoms with Crippen LogP contribution in [-0.4, -0.2) is 50.8 Å². The van der Waals surface area contributed by atoms with Crippen molar-refractivity contribution in [2.45, 2.75) is 25.3 Å². The van der Waals surface area contributed by atoms with Crippen molar-refractivity contribution in [2.24, 2.45) is 0 Å². The zero-order valence-corrected chi connectivity index (χ0v) is 17.3. The molecular formula is C22H38N6. The Labute approximate surface area is 170 Å². The highest BCUT2D eigenvalue weighted by Gasteiger charge is 2.17. The highest BCUT2D eigenvalue weighted by molar-refractivity contribution is 5.40. The van der Waals surface area contributed by atoms with Gasteiger partial charge in [-0.1, -0.05) is 30.9 Å². The second-order valence-corrected chi connectivity index (χ2v) is 6.71. The van der Waals surface area contributed by atoms with Crippen LogP contribution in [0.2, 0.25) is 0 Å². The Balaban J connectivity index is 0.00000190. The van der Waals surface area contributed by atoms with E-state index in [1.54, 1.807) is 0 Å². The second kappa shape index (κ2) is 15.0. The lowest BCUT2D eigenvalue weighted by Gasteiger charge is -2.32. The molecule has 156 valence electrons. The smallest absolute Gasteiger partial charge is 0.0314 e. The topological polar surface area (TPSA) is 77.4 Å². The van der Waals surface area contributed by atoms with Crippen LogP contribution in [0.15, 0.2) is 61.7 Å². The van der Waals surface area contributed by atoms with E-state index in [-0.39, 0.29) is 0 Å². The van der Waals surface area contributed by atoms with Gasteiger partial charge in [-0.05, 0) is 49.6 Å². The van der Waals surface area contributed by atoms with E-state index in [1.165, 1.54) is 24.0 Å². The third-order valence-corrected chi connectivity index (χ3v) is 4.66. The highest BCUT2D eigenvalue weighted by Crippen LogP contribution is 2.11. The Kier molecular flexibility index (Phi) is 12.9. The first-order chi connectivity index (χ1) is 13.7. The number of hydrogen-bond donors (Lipinski definition) is 5. The minimum atomic E-state index is 0.633. The fourth-order valence-electron chi connectivity index (χ4n) is 3.04.